The Morgan fingerprint density at radius 2 is 1.95 bits per heavy atom. The van der Waals surface area contributed by atoms with Gasteiger partial charge in [-0.15, -0.1) is 0 Å². The van der Waals surface area contributed by atoms with Gasteiger partial charge in [-0.3, -0.25) is 4.79 Å². The third-order valence-corrected chi connectivity index (χ3v) is 7.87. The minimum atomic E-state index is -0.112. The van der Waals surface area contributed by atoms with Crippen LogP contribution in [-0.4, -0.2) is 73.5 Å². The van der Waals surface area contributed by atoms with E-state index >= 15 is 0 Å². The number of hydrogen-bond acceptors (Lipinski definition) is 10. The average molecular weight is 588 g/mol. The number of hydrogen-bond donors (Lipinski definition) is 2. The molecule has 12 heteroatoms. The second-order valence-corrected chi connectivity index (χ2v) is 10.5. The Morgan fingerprint density at radius 1 is 1.18 bits per heavy atom. The van der Waals surface area contributed by atoms with E-state index in [4.69, 9.17) is 52.1 Å². The van der Waals surface area contributed by atoms with Gasteiger partial charge in [0.2, 0.25) is 5.95 Å². The third-order valence-electron chi connectivity index (χ3n) is 7.12. The minimum absolute atomic E-state index is 0.00488. The number of methoxy groups -OCH3 is 2. The van der Waals surface area contributed by atoms with Crippen molar-refractivity contribution in [1.82, 2.24) is 15.0 Å². The monoisotopic (exact) mass is 587 g/mol. The fourth-order valence-electron chi connectivity index (χ4n) is 4.95. The number of benzene rings is 1. The largest absolute Gasteiger partial charge is 0.495 e. The van der Waals surface area contributed by atoms with Crippen molar-refractivity contribution in [3.05, 3.63) is 41.0 Å². The molecule has 2 saturated heterocycles. The predicted octanol–water partition coefficient (Wildman–Crippen LogP) is 5.18. The number of nitrogens with zero attached hydrogens (tertiary/aromatic N) is 3. The third kappa shape index (κ3) is 5.95. The molecule has 0 unspecified atom stereocenters. The lowest BCUT2D eigenvalue weighted by atomic mass is 9.97. The summed E-state index contributed by atoms with van der Waals surface area (Å²) >= 11 is 13.4. The number of allylic oxidation sites excluding steroid dienone is 1. The number of ether oxygens (including phenoxy) is 4. The molecule has 1 aromatic carbocycles. The van der Waals surface area contributed by atoms with Crippen LogP contribution < -0.4 is 20.1 Å². The van der Waals surface area contributed by atoms with Crippen LogP contribution >= 0.6 is 23.2 Å². The first kappa shape index (κ1) is 28.4. The second kappa shape index (κ2) is 12.6. The van der Waals surface area contributed by atoms with Crippen molar-refractivity contribution in [3.8, 4) is 22.8 Å². The molecule has 2 N–H and O–H groups in total. The van der Waals surface area contributed by atoms with Crippen molar-refractivity contribution in [1.29, 1.82) is 0 Å². The number of carbonyl (C=O) groups is 1. The highest BCUT2D eigenvalue weighted by molar-refractivity contribution is 6.41. The van der Waals surface area contributed by atoms with Crippen LogP contribution in [0.4, 0.5) is 11.8 Å². The van der Waals surface area contributed by atoms with Crippen LogP contribution in [0.15, 0.2) is 31.0 Å². The number of ketones is 1. The van der Waals surface area contributed by atoms with Gasteiger partial charge < -0.3 is 29.6 Å². The fourth-order valence-corrected chi connectivity index (χ4v) is 5.65. The Balaban J connectivity index is 1.54. The summed E-state index contributed by atoms with van der Waals surface area (Å²) in [6.07, 6.45) is 5.45. The van der Waals surface area contributed by atoms with Gasteiger partial charge >= 0.3 is 0 Å². The lowest BCUT2D eigenvalue weighted by molar-refractivity contribution is -0.115. The van der Waals surface area contributed by atoms with Crippen molar-refractivity contribution >= 4 is 51.7 Å². The van der Waals surface area contributed by atoms with Gasteiger partial charge in [0.15, 0.2) is 11.6 Å². The molecule has 3 aromatic rings. The maximum absolute atomic E-state index is 11.9. The molecule has 0 spiro atoms. The van der Waals surface area contributed by atoms with E-state index in [0.29, 0.717) is 76.3 Å². The van der Waals surface area contributed by atoms with E-state index in [-0.39, 0.29) is 23.8 Å². The molecule has 10 nitrogen and oxygen atoms in total. The molecular weight excluding hydrogens is 557 g/mol. The fraction of sp³-hybridized carbons (Fsp3) is 0.429. The van der Waals surface area contributed by atoms with Gasteiger partial charge in [0.25, 0.3) is 0 Å². The minimum Gasteiger partial charge on any atom is -0.495 e. The first-order valence-corrected chi connectivity index (χ1v) is 13.8. The van der Waals surface area contributed by atoms with Crippen LogP contribution in [0.2, 0.25) is 10.0 Å². The summed E-state index contributed by atoms with van der Waals surface area (Å²) in [5.74, 6) is 1.73. The number of fused-ring (bicyclic) bond motifs is 1. The van der Waals surface area contributed by atoms with Crippen molar-refractivity contribution in [2.45, 2.75) is 31.4 Å². The number of nitrogens with one attached hydrogen (secondary N) is 2. The maximum Gasteiger partial charge on any atom is 0.223 e. The van der Waals surface area contributed by atoms with E-state index in [0.717, 1.165) is 24.8 Å². The number of rotatable bonds is 11. The molecule has 0 radical (unpaired) electrons. The van der Waals surface area contributed by atoms with Crippen molar-refractivity contribution in [2.75, 3.05) is 51.2 Å². The number of anilines is 2. The Bertz CT molecular complexity index is 1390. The highest BCUT2D eigenvalue weighted by Gasteiger charge is 2.30. The summed E-state index contributed by atoms with van der Waals surface area (Å²) in [5, 5.41) is 8.10. The topological polar surface area (TPSA) is 117 Å². The van der Waals surface area contributed by atoms with Crippen LogP contribution in [0.3, 0.4) is 0 Å². The number of pyridine rings is 1. The molecule has 3 atom stereocenters. The zero-order chi connectivity index (χ0) is 28.2. The Labute approximate surface area is 242 Å². The predicted molar refractivity (Wildman–Crippen MR) is 155 cm³/mol. The molecule has 2 aliphatic rings. The quantitative estimate of drug-likeness (QED) is 0.290. The zero-order valence-corrected chi connectivity index (χ0v) is 23.8. The number of halogens is 2. The van der Waals surface area contributed by atoms with Crippen molar-refractivity contribution < 1.29 is 23.7 Å². The van der Waals surface area contributed by atoms with Gasteiger partial charge in [-0.05, 0) is 25.0 Å². The normalized spacial score (nSPS) is 20.4. The summed E-state index contributed by atoms with van der Waals surface area (Å²) in [5.41, 5.74) is 1.59. The van der Waals surface area contributed by atoms with Gasteiger partial charge in [-0.25, -0.2) is 15.0 Å². The zero-order valence-electron chi connectivity index (χ0n) is 22.3. The van der Waals surface area contributed by atoms with Gasteiger partial charge in [0.05, 0.1) is 55.3 Å². The molecule has 0 amide bonds. The lowest BCUT2D eigenvalue weighted by Crippen LogP contribution is -2.30. The Morgan fingerprint density at radius 3 is 2.62 bits per heavy atom. The highest BCUT2D eigenvalue weighted by Crippen LogP contribution is 2.46. The summed E-state index contributed by atoms with van der Waals surface area (Å²) in [6.45, 7) is 5.80. The van der Waals surface area contributed by atoms with E-state index in [1.807, 2.05) is 6.07 Å². The van der Waals surface area contributed by atoms with Crippen LogP contribution in [-0.2, 0) is 14.3 Å². The average Bonchev–Trinajstić information content (AvgIpc) is 3.64. The van der Waals surface area contributed by atoms with E-state index in [1.165, 1.54) is 20.3 Å². The molecule has 5 rings (SSSR count). The summed E-state index contributed by atoms with van der Waals surface area (Å²) in [7, 11) is 3.05. The molecule has 40 heavy (non-hydrogen) atoms. The van der Waals surface area contributed by atoms with E-state index < -0.39 is 0 Å². The van der Waals surface area contributed by atoms with Crippen molar-refractivity contribution in [3.63, 3.8) is 0 Å². The Hall–Kier alpha value is -3.18. The van der Waals surface area contributed by atoms with Crippen LogP contribution in [0.1, 0.15) is 19.3 Å². The molecule has 2 aliphatic heterocycles. The molecule has 2 fully saturated rings. The molecule has 0 saturated carbocycles. The SMILES string of the molecule is C=CC(=O)C[C@H]1COC[C@H]1Nc1ncc2cc(-c3c(Cl)c(OC)cc(OC)c3Cl)nc(NC[C@@H]3CCCO3)c2n1. The molecule has 0 bridgehead atoms. The molecule has 4 heterocycles. The summed E-state index contributed by atoms with van der Waals surface area (Å²) in [4.78, 5) is 26.2. The molecular formula is C28H31Cl2N5O5. The van der Waals surface area contributed by atoms with Crippen LogP contribution in [0.25, 0.3) is 22.2 Å². The first-order valence-electron chi connectivity index (χ1n) is 13.0. The van der Waals surface area contributed by atoms with Crippen LogP contribution in [0, 0.1) is 5.92 Å². The van der Waals surface area contributed by atoms with E-state index in [2.05, 4.69) is 22.2 Å². The number of aromatic nitrogens is 3. The molecule has 2 aromatic heterocycles. The summed E-state index contributed by atoms with van der Waals surface area (Å²) in [6, 6.07) is 3.35. The smallest absolute Gasteiger partial charge is 0.223 e. The Kier molecular flexibility index (Phi) is 8.90. The highest BCUT2D eigenvalue weighted by atomic mass is 35.5. The van der Waals surface area contributed by atoms with Gasteiger partial charge in [0.1, 0.15) is 17.0 Å². The second-order valence-electron chi connectivity index (χ2n) is 9.71. The lowest BCUT2D eigenvalue weighted by Gasteiger charge is -2.19. The van der Waals surface area contributed by atoms with Gasteiger partial charge in [0, 0.05) is 48.7 Å². The maximum atomic E-state index is 11.9. The summed E-state index contributed by atoms with van der Waals surface area (Å²) < 4.78 is 22.3. The number of carbonyl (C=O) groups excluding carboxylic acids is 1. The van der Waals surface area contributed by atoms with Gasteiger partial charge in [-0.1, -0.05) is 29.8 Å². The van der Waals surface area contributed by atoms with Gasteiger partial charge in [-0.2, -0.15) is 0 Å². The van der Waals surface area contributed by atoms with Crippen LogP contribution in [0.5, 0.6) is 11.5 Å². The standard InChI is InChI=1S/C28H31Cl2N5O5/c1-4-17(36)8-16-13-39-14-20(16)34-28-32-11-15-9-19(23-24(29)21(37-2)10-22(38-3)25(23)30)33-27(26(15)35-28)31-12-18-6-5-7-40-18/h4,9-11,16,18,20H,1,5-8,12-14H2,2-3H3,(H,31,33)(H,32,34,35)/t16-,18-,20+/m0/s1. The molecule has 212 valence electrons. The van der Waals surface area contributed by atoms with E-state index in [9.17, 15) is 4.79 Å². The first-order chi connectivity index (χ1) is 19.4. The van der Waals surface area contributed by atoms with E-state index in [1.54, 1.807) is 12.3 Å². The van der Waals surface area contributed by atoms with Crippen molar-refractivity contribution in [2.24, 2.45) is 5.92 Å². The molecule has 0 aliphatic carbocycles.